The number of benzene rings is 2. The number of methoxy groups -OCH3 is 2. The van der Waals surface area contributed by atoms with Crippen LogP contribution in [-0.2, 0) is 26.1 Å². The van der Waals surface area contributed by atoms with Crippen molar-refractivity contribution >= 4 is 10.8 Å². The van der Waals surface area contributed by atoms with Crippen LogP contribution in [0.5, 0.6) is 11.5 Å². The second kappa shape index (κ2) is 4.96. The lowest BCUT2D eigenvalue weighted by molar-refractivity contribution is 0.272. The van der Waals surface area contributed by atoms with E-state index in [1.54, 1.807) is 14.2 Å². The van der Waals surface area contributed by atoms with Crippen molar-refractivity contribution in [2.45, 2.75) is 26.1 Å². The van der Waals surface area contributed by atoms with Crippen molar-refractivity contribution in [3.63, 3.8) is 0 Å². The van der Waals surface area contributed by atoms with Crippen LogP contribution in [0.1, 0.15) is 22.3 Å². The van der Waals surface area contributed by atoms with E-state index in [1.807, 2.05) is 12.1 Å². The first-order valence-corrected chi connectivity index (χ1v) is 6.68. The fourth-order valence-corrected chi connectivity index (χ4v) is 3.24. The second-order valence-electron chi connectivity index (χ2n) is 5.02. The van der Waals surface area contributed by atoms with Gasteiger partial charge in [-0.3, -0.25) is 0 Å². The number of rotatable bonds is 4. The highest BCUT2D eigenvalue weighted by Crippen LogP contribution is 2.45. The molecule has 0 atom stereocenters. The summed E-state index contributed by atoms with van der Waals surface area (Å²) in [5, 5.41) is 21.1. The monoisotopic (exact) mass is 274 g/mol. The van der Waals surface area contributed by atoms with Crippen molar-refractivity contribution in [1.29, 1.82) is 0 Å². The zero-order chi connectivity index (χ0) is 14.3. The summed E-state index contributed by atoms with van der Waals surface area (Å²) >= 11 is 0. The molecule has 1 aliphatic carbocycles. The highest BCUT2D eigenvalue weighted by molar-refractivity contribution is 6.01. The Morgan fingerprint density at radius 3 is 1.65 bits per heavy atom. The van der Waals surface area contributed by atoms with Crippen molar-refractivity contribution in [1.82, 2.24) is 0 Å². The molecule has 0 saturated heterocycles. The van der Waals surface area contributed by atoms with E-state index in [9.17, 15) is 10.2 Å². The Kier molecular flexibility index (Phi) is 3.28. The number of hydrogen-bond donors (Lipinski definition) is 2. The first-order chi connectivity index (χ1) is 9.74. The molecule has 0 aliphatic heterocycles. The van der Waals surface area contributed by atoms with Gasteiger partial charge in [0, 0.05) is 11.1 Å². The molecule has 0 radical (unpaired) electrons. The Bertz CT molecular complexity index is 621. The van der Waals surface area contributed by atoms with Crippen molar-refractivity contribution in [2.24, 2.45) is 0 Å². The van der Waals surface area contributed by atoms with E-state index in [1.165, 1.54) is 11.1 Å². The van der Waals surface area contributed by atoms with E-state index in [2.05, 4.69) is 0 Å². The molecular formula is C16H18O4. The largest absolute Gasteiger partial charge is 0.496 e. The first kappa shape index (κ1) is 13.2. The predicted octanol–water partition coefficient (Wildman–Crippen LogP) is 1.94. The molecule has 0 saturated carbocycles. The van der Waals surface area contributed by atoms with Gasteiger partial charge in [-0.25, -0.2) is 0 Å². The molecule has 2 aromatic carbocycles. The fraction of sp³-hybridized carbons (Fsp3) is 0.375. The van der Waals surface area contributed by atoms with Crippen molar-refractivity contribution in [3.05, 3.63) is 34.4 Å². The molecule has 20 heavy (non-hydrogen) atoms. The summed E-state index contributed by atoms with van der Waals surface area (Å²) in [6.45, 7) is -0.151. The Morgan fingerprint density at radius 2 is 1.30 bits per heavy atom. The van der Waals surface area contributed by atoms with E-state index >= 15 is 0 Å². The third-order valence-corrected chi connectivity index (χ3v) is 4.04. The molecular weight excluding hydrogens is 256 g/mol. The highest BCUT2D eigenvalue weighted by atomic mass is 16.5. The summed E-state index contributed by atoms with van der Waals surface area (Å²) in [5.74, 6) is 1.28. The van der Waals surface area contributed by atoms with Gasteiger partial charge in [0.05, 0.1) is 32.8 Å². The van der Waals surface area contributed by atoms with Gasteiger partial charge < -0.3 is 19.7 Å². The van der Waals surface area contributed by atoms with Gasteiger partial charge in [0.25, 0.3) is 0 Å². The van der Waals surface area contributed by atoms with Crippen molar-refractivity contribution < 1.29 is 19.7 Å². The quantitative estimate of drug-likeness (QED) is 0.894. The van der Waals surface area contributed by atoms with E-state index in [-0.39, 0.29) is 13.2 Å². The number of aliphatic hydroxyl groups excluding tert-OH is 2. The van der Waals surface area contributed by atoms with Gasteiger partial charge in [0.15, 0.2) is 0 Å². The van der Waals surface area contributed by atoms with Gasteiger partial charge in [0.1, 0.15) is 11.5 Å². The molecule has 0 fully saturated rings. The van der Waals surface area contributed by atoms with E-state index < -0.39 is 0 Å². The lowest BCUT2D eigenvalue weighted by Crippen LogP contribution is -2.00. The molecule has 1 aliphatic rings. The number of hydrogen-bond acceptors (Lipinski definition) is 4. The topological polar surface area (TPSA) is 58.9 Å². The van der Waals surface area contributed by atoms with E-state index in [4.69, 9.17) is 9.47 Å². The molecule has 0 unspecified atom stereocenters. The summed E-state index contributed by atoms with van der Waals surface area (Å²) in [4.78, 5) is 0. The summed E-state index contributed by atoms with van der Waals surface area (Å²) in [5.41, 5.74) is 3.94. The second-order valence-corrected chi connectivity index (χ2v) is 5.02. The normalized spacial score (nSPS) is 13.0. The smallest absolute Gasteiger partial charge is 0.135 e. The van der Waals surface area contributed by atoms with Crippen LogP contribution >= 0.6 is 0 Å². The van der Waals surface area contributed by atoms with Crippen LogP contribution in [0.15, 0.2) is 12.1 Å². The van der Waals surface area contributed by atoms with Crippen LogP contribution in [-0.4, -0.2) is 24.4 Å². The molecule has 2 aromatic rings. The number of ether oxygens (including phenoxy) is 2. The molecule has 0 spiro atoms. The molecule has 4 nitrogen and oxygen atoms in total. The van der Waals surface area contributed by atoms with Crippen LogP contribution in [0.3, 0.4) is 0 Å². The minimum Gasteiger partial charge on any atom is -0.496 e. The Hall–Kier alpha value is -1.78. The Morgan fingerprint density at radius 1 is 0.850 bits per heavy atom. The van der Waals surface area contributed by atoms with Gasteiger partial charge in [-0.1, -0.05) is 0 Å². The number of aliphatic hydroxyl groups is 2. The zero-order valence-electron chi connectivity index (χ0n) is 11.7. The third kappa shape index (κ3) is 1.69. The zero-order valence-corrected chi connectivity index (χ0v) is 11.7. The van der Waals surface area contributed by atoms with Crippen molar-refractivity contribution in [2.75, 3.05) is 14.2 Å². The maximum Gasteiger partial charge on any atom is 0.135 e. The fourth-order valence-electron chi connectivity index (χ4n) is 3.24. The lowest BCUT2D eigenvalue weighted by atomic mass is 9.96. The van der Waals surface area contributed by atoms with Gasteiger partial charge in [-0.05, 0) is 41.5 Å². The minimum absolute atomic E-state index is 0.0754. The minimum atomic E-state index is -0.0754. The highest BCUT2D eigenvalue weighted by Gasteiger charge is 2.24. The van der Waals surface area contributed by atoms with Crippen LogP contribution in [0.2, 0.25) is 0 Å². The maximum atomic E-state index is 9.57. The average molecular weight is 274 g/mol. The molecule has 0 heterocycles. The van der Waals surface area contributed by atoms with Crippen LogP contribution in [0, 0.1) is 0 Å². The van der Waals surface area contributed by atoms with Gasteiger partial charge >= 0.3 is 0 Å². The predicted molar refractivity (Wildman–Crippen MR) is 76.3 cm³/mol. The Labute approximate surface area is 117 Å². The molecule has 0 amide bonds. The van der Waals surface area contributed by atoms with Gasteiger partial charge in [-0.2, -0.15) is 0 Å². The third-order valence-electron chi connectivity index (χ3n) is 4.04. The van der Waals surface area contributed by atoms with Crippen LogP contribution in [0.25, 0.3) is 10.8 Å². The summed E-state index contributed by atoms with van der Waals surface area (Å²) in [7, 11) is 3.19. The van der Waals surface area contributed by atoms with Gasteiger partial charge in [-0.15, -0.1) is 0 Å². The Balaban J connectivity index is 2.50. The van der Waals surface area contributed by atoms with E-state index in [0.717, 1.165) is 34.7 Å². The summed E-state index contributed by atoms with van der Waals surface area (Å²) < 4.78 is 11.0. The summed E-state index contributed by atoms with van der Waals surface area (Å²) in [6, 6.07) is 4.02. The van der Waals surface area contributed by atoms with Crippen molar-refractivity contribution in [3.8, 4) is 11.5 Å². The summed E-state index contributed by atoms with van der Waals surface area (Å²) in [6.07, 6.45) is 1.89. The molecule has 3 rings (SSSR count). The molecule has 0 aromatic heterocycles. The van der Waals surface area contributed by atoms with Crippen LogP contribution < -0.4 is 9.47 Å². The standard InChI is InChI=1S/C16H18O4/c1-19-15-11(7-17)5-9-3-4-10-6-12(8-18)16(20-2)14(15)13(9)10/h5-6,17-18H,3-4,7-8H2,1-2H3. The first-order valence-electron chi connectivity index (χ1n) is 6.68. The average Bonchev–Trinajstić information content (AvgIpc) is 2.89. The molecule has 4 heteroatoms. The molecule has 106 valence electrons. The molecule has 0 bridgehead atoms. The number of aryl methyl sites for hydroxylation is 2. The molecule has 2 N–H and O–H groups in total. The maximum absolute atomic E-state index is 9.57. The van der Waals surface area contributed by atoms with Crippen LogP contribution in [0.4, 0.5) is 0 Å². The lowest BCUT2D eigenvalue weighted by Gasteiger charge is -2.17. The van der Waals surface area contributed by atoms with Gasteiger partial charge in [0.2, 0.25) is 0 Å². The van der Waals surface area contributed by atoms with E-state index in [0.29, 0.717) is 11.5 Å². The SMILES string of the molecule is COc1c(CO)cc2c3c(cc(CO)c(OC)c13)CC2.